The number of rotatable bonds is 4. The second-order valence-corrected chi connectivity index (χ2v) is 5.74. The van der Waals surface area contributed by atoms with Crippen LogP contribution in [-0.4, -0.2) is 15.6 Å². The molecule has 1 aromatic heterocycles. The largest absolute Gasteiger partial charge is 0.299 e. The number of aromatic nitrogens is 2. The number of hydrogen-bond donors (Lipinski definition) is 0. The van der Waals surface area contributed by atoms with Gasteiger partial charge in [0.1, 0.15) is 5.78 Å². The van der Waals surface area contributed by atoms with Crippen LogP contribution in [0, 0.1) is 5.41 Å². The first-order valence-electron chi connectivity index (χ1n) is 6.75. The van der Waals surface area contributed by atoms with Gasteiger partial charge in [0.25, 0.3) is 0 Å². The van der Waals surface area contributed by atoms with E-state index in [-0.39, 0.29) is 5.41 Å². The molecular weight excluding hydrogens is 212 g/mol. The van der Waals surface area contributed by atoms with Crippen molar-refractivity contribution in [1.82, 2.24) is 9.78 Å². The first kappa shape index (κ1) is 11.0. The lowest BCUT2D eigenvalue weighted by atomic mass is 9.96. The van der Waals surface area contributed by atoms with Crippen molar-refractivity contribution in [3.63, 3.8) is 0 Å². The summed E-state index contributed by atoms with van der Waals surface area (Å²) in [6.07, 6.45) is 10.2. The summed E-state index contributed by atoms with van der Waals surface area (Å²) < 4.78 is 2.12. The normalized spacial score (nSPS) is 22.9. The van der Waals surface area contributed by atoms with E-state index in [1.807, 2.05) is 0 Å². The van der Waals surface area contributed by atoms with E-state index in [1.165, 1.54) is 25.7 Å². The summed E-state index contributed by atoms with van der Waals surface area (Å²) in [5.41, 5.74) is 1.05. The zero-order valence-corrected chi connectivity index (χ0v) is 10.5. The summed E-state index contributed by atoms with van der Waals surface area (Å²) in [5, 5.41) is 4.66. The second kappa shape index (κ2) is 3.97. The Morgan fingerprint density at radius 1 is 1.47 bits per heavy atom. The van der Waals surface area contributed by atoms with Gasteiger partial charge in [-0.3, -0.25) is 9.48 Å². The Hall–Kier alpha value is -1.12. The van der Waals surface area contributed by atoms with Gasteiger partial charge in [-0.05, 0) is 38.7 Å². The van der Waals surface area contributed by atoms with E-state index < -0.39 is 0 Å². The summed E-state index contributed by atoms with van der Waals surface area (Å²) in [5.74, 6) is 0.341. The molecule has 0 atom stereocenters. The molecule has 1 aromatic rings. The van der Waals surface area contributed by atoms with Gasteiger partial charge in [-0.15, -0.1) is 0 Å². The molecule has 0 amide bonds. The average Bonchev–Trinajstić information content (AvgIpc) is 2.76. The molecule has 17 heavy (non-hydrogen) atoms. The molecule has 2 aliphatic carbocycles. The third-order valence-electron chi connectivity index (χ3n) is 4.48. The first-order chi connectivity index (χ1) is 8.20. The molecular formula is C14H20N2O. The van der Waals surface area contributed by atoms with Crippen molar-refractivity contribution >= 4 is 5.78 Å². The van der Waals surface area contributed by atoms with E-state index in [0.29, 0.717) is 11.8 Å². The topological polar surface area (TPSA) is 34.9 Å². The summed E-state index contributed by atoms with van der Waals surface area (Å²) in [7, 11) is 0. The Bertz CT molecular complexity index is 425. The van der Waals surface area contributed by atoms with Crippen LogP contribution in [0.15, 0.2) is 12.3 Å². The van der Waals surface area contributed by atoms with Crippen LogP contribution >= 0.6 is 0 Å². The highest BCUT2D eigenvalue weighted by atomic mass is 16.1. The van der Waals surface area contributed by atoms with Crippen LogP contribution in [0.4, 0.5) is 0 Å². The molecule has 2 saturated carbocycles. The SMILES string of the molecule is CC(=O)C1(Cc2ccn(C3CCCC3)n2)CC1. The van der Waals surface area contributed by atoms with Gasteiger partial charge in [0.15, 0.2) is 0 Å². The molecule has 3 heteroatoms. The molecule has 0 N–H and O–H groups in total. The van der Waals surface area contributed by atoms with Gasteiger partial charge in [0.05, 0.1) is 11.7 Å². The van der Waals surface area contributed by atoms with Crippen LogP contribution < -0.4 is 0 Å². The summed E-state index contributed by atoms with van der Waals surface area (Å²) in [4.78, 5) is 11.6. The lowest BCUT2D eigenvalue weighted by Crippen LogP contribution is -2.16. The Balaban J connectivity index is 1.70. The average molecular weight is 232 g/mol. The fourth-order valence-corrected chi connectivity index (χ4v) is 2.99. The number of Topliss-reactive ketones (excluding diaryl/α,β-unsaturated/α-hetero) is 1. The van der Waals surface area contributed by atoms with E-state index >= 15 is 0 Å². The molecule has 0 unspecified atom stereocenters. The molecule has 0 spiro atoms. The van der Waals surface area contributed by atoms with Crippen molar-refractivity contribution in [1.29, 1.82) is 0 Å². The number of carbonyl (C=O) groups is 1. The number of ketones is 1. The minimum absolute atomic E-state index is 0.0468. The van der Waals surface area contributed by atoms with Crippen molar-refractivity contribution in [2.75, 3.05) is 0 Å². The second-order valence-electron chi connectivity index (χ2n) is 5.74. The van der Waals surface area contributed by atoms with Crippen LogP contribution in [-0.2, 0) is 11.2 Å². The van der Waals surface area contributed by atoms with Crippen molar-refractivity contribution in [2.24, 2.45) is 5.41 Å². The molecule has 3 nitrogen and oxygen atoms in total. The van der Waals surface area contributed by atoms with Crippen molar-refractivity contribution in [2.45, 2.75) is 57.9 Å². The van der Waals surface area contributed by atoms with Crippen LogP contribution in [0.25, 0.3) is 0 Å². The van der Waals surface area contributed by atoms with Crippen LogP contribution in [0.2, 0.25) is 0 Å². The van der Waals surface area contributed by atoms with Crippen LogP contribution in [0.5, 0.6) is 0 Å². The standard InChI is InChI=1S/C14H20N2O/c1-11(17)14(7-8-14)10-12-6-9-16(15-12)13-4-2-3-5-13/h6,9,13H,2-5,7-8,10H2,1H3. The Labute approximate surface area is 102 Å². The molecule has 2 fully saturated rings. The van der Waals surface area contributed by atoms with Gasteiger partial charge in [-0.1, -0.05) is 12.8 Å². The minimum atomic E-state index is -0.0468. The Morgan fingerprint density at radius 3 is 2.76 bits per heavy atom. The van der Waals surface area contributed by atoms with E-state index in [1.54, 1.807) is 6.92 Å². The van der Waals surface area contributed by atoms with Gasteiger partial charge in [0, 0.05) is 18.0 Å². The number of carbonyl (C=O) groups excluding carboxylic acids is 1. The third kappa shape index (κ3) is 2.03. The van der Waals surface area contributed by atoms with Gasteiger partial charge in [-0.25, -0.2) is 0 Å². The molecule has 0 radical (unpaired) electrons. The fourth-order valence-electron chi connectivity index (χ4n) is 2.99. The predicted molar refractivity (Wildman–Crippen MR) is 65.8 cm³/mol. The molecule has 3 rings (SSSR count). The molecule has 0 saturated heterocycles. The summed E-state index contributed by atoms with van der Waals surface area (Å²) >= 11 is 0. The number of hydrogen-bond acceptors (Lipinski definition) is 2. The van der Waals surface area contributed by atoms with Gasteiger partial charge >= 0.3 is 0 Å². The lowest BCUT2D eigenvalue weighted by Gasteiger charge is -2.10. The Kier molecular flexibility index (Phi) is 2.57. The zero-order valence-electron chi connectivity index (χ0n) is 10.5. The molecule has 1 heterocycles. The molecule has 0 aromatic carbocycles. The highest BCUT2D eigenvalue weighted by Gasteiger charge is 2.47. The zero-order chi connectivity index (χ0) is 11.9. The van der Waals surface area contributed by atoms with E-state index in [9.17, 15) is 4.79 Å². The van der Waals surface area contributed by atoms with Gasteiger partial charge < -0.3 is 0 Å². The minimum Gasteiger partial charge on any atom is -0.299 e. The predicted octanol–water partition coefficient (Wildman–Crippen LogP) is 2.91. The molecule has 0 aliphatic heterocycles. The number of nitrogens with zero attached hydrogens (tertiary/aromatic N) is 2. The van der Waals surface area contributed by atoms with Crippen molar-refractivity contribution < 1.29 is 4.79 Å². The van der Waals surface area contributed by atoms with E-state index in [2.05, 4.69) is 22.0 Å². The van der Waals surface area contributed by atoms with Gasteiger partial charge in [0.2, 0.25) is 0 Å². The van der Waals surface area contributed by atoms with E-state index in [4.69, 9.17) is 0 Å². The Morgan fingerprint density at radius 2 is 2.18 bits per heavy atom. The van der Waals surface area contributed by atoms with Crippen LogP contribution in [0.1, 0.15) is 57.2 Å². The summed E-state index contributed by atoms with van der Waals surface area (Å²) in [6.45, 7) is 1.72. The van der Waals surface area contributed by atoms with Crippen LogP contribution in [0.3, 0.4) is 0 Å². The quantitative estimate of drug-likeness (QED) is 0.800. The van der Waals surface area contributed by atoms with E-state index in [0.717, 1.165) is 25.0 Å². The fraction of sp³-hybridized carbons (Fsp3) is 0.714. The van der Waals surface area contributed by atoms with Crippen molar-refractivity contribution in [3.8, 4) is 0 Å². The lowest BCUT2D eigenvalue weighted by molar-refractivity contribution is -0.122. The van der Waals surface area contributed by atoms with Crippen molar-refractivity contribution in [3.05, 3.63) is 18.0 Å². The highest BCUT2D eigenvalue weighted by molar-refractivity contribution is 5.85. The molecule has 92 valence electrons. The molecule has 2 aliphatic rings. The maximum atomic E-state index is 11.6. The van der Waals surface area contributed by atoms with Gasteiger partial charge in [-0.2, -0.15) is 5.10 Å². The maximum Gasteiger partial charge on any atom is 0.136 e. The summed E-state index contributed by atoms with van der Waals surface area (Å²) in [6, 6.07) is 2.71. The maximum absolute atomic E-state index is 11.6. The highest BCUT2D eigenvalue weighted by Crippen LogP contribution is 2.48. The monoisotopic (exact) mass is 232 g/mol. The third-order valence-corrected chi connectivity index (χ3v) is 4.48. The smallest absolute Gasteiger partial charge is 0.136 e. The molecule has 0 bridgehead atoms. The first-order valence-corrected chi connectivity index (χ1v) is 6.75.